The number of carbonyl (C=O) groups excluding carboxylic acids is 1. The van der Waals surface area contributed by atoms with Crippen LogP contribution in [0.1, 0.15) is 24.8 Å². The molecule has 4 N–H and O–H groups in total. The van der Waals surface area contributed by atoms with Crippen LogP contribution >= 0.6 is 0 Å². The van der Waals surface area contributed by atoms with Gasteiger partial charge in [-0.2, -0.15) is 0 Å². The summed E-state index contributed by atoms with van der Waals surface area (Å²) in [5, 5.41) is 3.14. The highest BCUT2D eigenvalue weighted by molar-refractivity contribution is 7.92. The molecule has 10 nitrogen and oxygen atoms in total. The smallest absolute Gasteiger partial charge is 0.263 e. The van der Waals surface area contributed by atoms with Crippen LogP contribution in [0.2, 0.25) is 0 Å². The predicted molar refractivity (Wildman–Crippen MR) is 149 cm³/mol. The molecule has 11 heteroatoms. The van der Waals surface area contributed by atoms with E-state index in [2.05, 4.69) is 20.0 Å². The number of ketones is 1. The number of nitrogens with zero attached hydrogens (tertiary/aromatic N) is 2. The van der Waals surface area contributed by atoms with E-state index in [1.165, 1.54) is 26.4 Å². The number of nitrogens with two attached hydrogens (primary N) is 1. The Bertz CT molecular complexity index is 1630. The molecular formula is C28H29N5O5S. The fourth-order valence-corrected chi connectivity index (χ4v) is 5.46. The number of hydrogen-bond acceptors (Lipinski definition) is 9. The number of ether oxygens (including phenoxy) is 2. The van der Waals surface area contributed by atoms with Gasteiger partial charge < -0.3 is 20.5 Å². The third kappa shape index (κ3) is 5.64. The summed E-state index contributed by atoms with van der Waals surface area (Å²) in [6, 6.07) is 18.6. The lowest BCUT2D eigenvalue weighted by atomic mass is 9.73. The molecule has 0 aliphatic heterocycles. The second-order valence-electron chi connectivity index (χ2n) is 9.50. The average molecular weight is 548 g/mol. The lowest BCUT2D eigenvalue weighted by molar-refractivity contribution is -0.126. The minimum atomic E-state index is -4.09. The summed E-state index contributed by atoms with van der Waals surface area (Å²) in [5.41, 5.74) is 7.57. The maximum Gasteiger partial charge on any atom is 0.263 e. The number of fused-ring (bicyclic) bond motifs is 1. The van der Waals surface area contributed by atoms with Crippen LogP contribution in [0.5, 0.6) is 11.5 Å². The number of Topliss-reactive ketones (excluding diaryl/α,β-unsaturated/α-hetero) is 1. The summed E-state index contributed by atoms with van der Waals surface area (Å²) in [4.78, 5) is 21.8. The van der Waals surface area contributed by atoms with Crippen molar-refractivity contribution in [3.8, 4) is 11.5 Å². The monoisotopic (exact) mass is 547 g/mol. The third-order valence-electron chi connectivity index (χ3n) is 6.79. The molecule has 0 spiro atoms. The first-order chi connectivity index (χ1) is 18.7. The highest BCUT2D eigenvalue weighted by atomic mass is 32.2. The van der Waals surface area contributed by atoms with Crippen molar-refractivity contribution in [2.75, 3.05) is 24.3 Å². The van der Waals surface area contributed by atoms with Crippen LogP contribution < -0.4 is 25.2 Å². The molecule has 1 fully saturated rings. The van der Waals surface area contributed by atoms with Crippen molar-refractivity contribution in [2.45, 2.75) is 36.1 Å². The molecule has 1 aliphatic carbocycles. The Balaban J connectivity index is 1.48. The highest BCUT2D eigenvalue weighted by Gasteiger charge is 2.39. The number of hydrogen-bond donors (Lipinski definition) is 3. The van der Waals surface area contributed by atoms with Crippen LogP contribution in [0.4, 0.5) is 17.3 Å². The van der Waals surface area contributed by atoms with Gasteiger partial charge in [0.15, 0.2) is 17.4 Å². The van der Waals surface area contributed by atoms with Crippen LogP contribution in [0.3, 0.4) is 0 Å². The van der Waals surface area contributed by atoms with Gasteiger partial charge in [-0.1, -0.05) is 24.3 Å². The molecule has 4 aromatic rings. The molecule has 1 aliphatic rings. The number of methoxy groups -OCH3 is 2. The van der Waals surface area contributed by atoms with Crippen molar-refractivity contribution in [3.05, 3.63) is 72.3 Å². The summed E-state index contributed by atoms with van der Waals surface area (Å²) < 4.78 is 40.2. The number of rotatable bonds is 10. The van der Waals surface area contributed by atoms with E-state index in [1.807, 2.05) is 6.07 Å². The van der Waals surface area contributed by atoms with Crippen LogP contribution in [-0.2, 0) is 21.2 Å². The normalized spacial score (nSPS) is 14.3. The first kappa shape index (κ1) is 26.4. The summed E-state index contributed by atoms with van der Waals surface area (Å²) >= 11 is 0. The number of sulfonamides is 1. The van der Waals surface area contributed by atoms with E-state index in [0.29, 0.717) is 46.6 Å². The van der Waals surface area contributed by atoms with E-state index in [9.17, 15) is 13.2 Å². The lowest BCUT2D eigenvalue weighted by Gasteiger charge is -2.36. The predicted octanol–water partition coefficient (Wildman–Crippen LogP) is 4.18. The molecule has 3 aromatic carbocycles. The third-order valence-corrected chi connectivity index (χ3v) is 8.13. The van der Waals surface area contributed by atoms with Gasteiger partial charge in [-0.3, -0.25) is 9.52 Å². The van der Waals surface area contributed by atoms with Crippen molar-refractivity contribution < 1.29 is 22.7 Å². The van der Waals surface area contributed by atoms with E-state index in [-0.39, 0.29) is 28.7 Å². The molecule has 1 heterocycles. The van der Waals surface area contributed by atoms with Crippen LogP contribution in [0.15, 0.2) is 71.6 Å². The van der Waals surface area contributed by atoms with E-state index >= 15 is 0 Å². The minimum Gasteiger partial charge on any atom is -0.497 e. The highest BCUT2D eigenvalue weighted by Crippen LogP contribution is 2.33. The van der Waals surface area contributed by atoms with E-state index in [1.54, 1.807) is 48.5 Å². The van der Waals surface area contributed by atoms with Crippen LogP contribution in [0.25, 0.3) is 11.0 Å². The Kier molecular flexibility index (Phi) is 7.11. The van der Waals surface area contributed by atoms with Gasteiger partial charge in [0, 0.05) is 30.3 Å². The molecule has 0 atom stereocenters. The topological polar surface area (TPSA) is 146 Å². The van der Waals surface area contributed by atoms with Gasteiger partial charge in [0.05, 0.1) is 35.7 Å². The zero-order valence-electron chi connectivity index (χ0n) is 21.6. The van der Waals surface area contributed by atoms with E-state index in [4.69, 9.17) is 15.2 Å². The number of carbonyl (C=O) groups is 1. The Morgan fingerprint density at radius 2 is 1.56 bits per heavy atom. The van der Waals surface area contributed by atoms with Gasteiger partial charge in [-0.05, 0) is 49.1 Å². The Labute approximate surface area is 226 Å². The molecule has 0 unspecified atom stereocenters. The van der Waals surface area contributed by atoms with Gasteiger partial charge in [0.1, 0.15) is 11.5 Å². The molecular weight excluding hydrogens is 518 g/mol. The Hall–Kier alpha value is -4.22. The Morgan fingerprint density at radius 3 is 2.15 bits per heavy atom. The zero-order chi connectivity index (χ0) is 27.6. The number of para-hydroxylation sites is 2. The van der Waals surface area contributed by atoms with Crippen LogP contribution in [-0.4, -0.2) is 43.9 Å². The zero-order valence-corrected chi connectivity index (χ0v) is 22.4. The summed E-state index contributed by atoms with van der Waals surface area (Å²) in [6.45, 7) is 0. The number of aromatic nitrogens is 2. The SMILES string of the molecule is COc1cc(Nc2nc3ccccc3nc2NS(=O)(=O)c2cccc(CC(=O)C3(N)CCC3)c2)cc(OC)c1. The molecule has 0 saturated heterocycles. The van der Waals surface area contributed by atoms with Crippen molar-refractivity contribution >= 4 is 44.2 Å². The van der Waals surface area contributed by atoms with Gasteiger partial charge in [-0.25, -0.2) is 18.4 Å². The maximum absolute atomic E-state index is 13.5. The molecule has 1 aromatic heterocycles. The Morgan fingerprint density at radius 1 is 0.923 bits per heavy atom. The first-order valence-corrected chi connectivity index (χ1v) is 13.9. The van der Waals surface area contributed by atoms with Gasteiger partial charge in [0.25, 0.3) is 10.0 Å². The van der Waals surface area contributed by atoms with Crippen molar-refractivity contribution in [3.63, 3.8) is 0 Å². The van der Waals surface area contributed by atoms with Gasteiger partial charge in [-0.15, -0.1) is 0 Å². The summed E-state index contributed by atoms with van der Waals surface area (Å²) in [7, 11) is -1.02. The minimum absolute atomic E-state index is 0.00330. The maximum atomic E-state index is 13.5. The van der Waals surface area contributed by atoms with Gasteiger partial charge >= 0.3 is 0 Å². The summed E-state index contributed by atoms with van der Waals surface area (Å²) in [5.74, 6) is 1.19. The van der Waals surface area contributed by atoms with Crippen molar-refractivity contribution in [1.82, 2.24) is 9.97 Å². The molecule has 39 heavy (non-hydrogen) atoms. The fraction of sp³-hybridized carbons (Fsp3) is 0.250. The van der Waals surface area contributed by atoms with Gasteiger partial charge in [0.2, 0.25) is 0 Å². The molecule has 0 radical (unpaired) electrons. The van der Waals surface area contributed by atoms with Crippen molar-refractivity contribution in [1.29, 1.82) is 0 Å². The lowest BCUT2D eigenvalue weighted by Crippen LogP contribution is -2.54. The second kappa shape index (κ2) is 10.5. The molecule has 5 rings (SSSR count). The van der Waals surface area contributed by atoms with E-state index < -0.39 is 15.6 Å². The molecule has 202 valence electrons. The molecule has 0 amide bonds. The summed E-state index contributed by atoms with van der Waals surface area (Å²) in [6.07, 6.45) is 2.30. The second-order valence-corrected chi connectivity index (χ2v) is 11.2. The number of anilines is 3. The largest absolute Gasteiger partial charge is 0.497 e. The molecule has 1 saturated carbocycles. The first-order valence-electron chi connectivity index (χ1n) is 12.4. The van der Waals surface area contributed by atoms with Crippen molar-refractivity contribution in [2.24, 2.45) is 5.73 Å². The van der Waals surface area contributed by atoms with Crippen LogP contribution in [0, 0.1) is 0 Å². The number of nitrogens with one attached hydrogen (secondary N) is 2. The standard InChI is InChI=1S/C28H29N5O5S/c1-37-20-15-19(16-21(17-20)38-2)30-26-27(32-24-10-4-3-9-23(24)31-26)33-39(35,36)22-8-5-7-18(13-22)14-25(34)28(29)11-6-12-28/h3-5,7-10,13,15-17H,6,11-12,14,29H2,1-2H3,(H,30,31)(H,32,33). The molecule has 0 bridgehead atoms. The average Bonchev–Trinajstić information content (AvgIpc) is 2.91. The van der Waals surface area contributed by atoms with E-state index in [0.717, 1.165) is 6.42 Å². The quantitative estimate of drug-likeness (QED) is 0.266. The fourth-order valence-electron chi connectivity index (χ4n) is 4.38. The number of benzene rings is 3.